The van der Waals surface area contributed by atoms with Crippen molar-refractivity contribution < 1.29 is 9.53 Å². The van der Waals surface area contributed by atoms with Crippen LogP contribution in [0, 0.1) is 0 Å². The lowest BCUT2D eigenvalue weighted by atomic mass is 10.1. The number of para-hydroxylation sites is 1. The highest BCUT2D eigenvalue weighted by atomic mass is 16.5. The zero-order valence-corrected chi connectivity index (χ0v) is 13.0. The van der Waals surface area contributed by atoms with Crippen LogP contribution in [0.2, 0.25) is 0 Å². The van der Waals surface area contributed by atoms with E-state index in [2.05, 4.69) is 27.8 Å². The van der Waals surface area contributed by atoms with Gasteiger partial charge in [0.25, 0.3) is 0 Å². The van der Waals surface area contributed by atoms with Gasteiger partial charge in [0.1, 0.15) is 0 Å². The van der Waals surface area contributed by atoms with Crippen molar-refractivity contribution in [2.24, 2.45) is 7.05 Å². The first-order valence-corrected chi connectivity index (χ1v) is 8.18. The Kier molecular flexibility index (Phi) is 3.41. The van der Waals surface area contributed by atoms with Gasteiger partial charge in [0.05, 0.1) is 25.2 Å². The van der Waals surface area contributed by atoms with Crippen LogP contribution >= 0.6 is 0 Å². The fourth-order valence-electron chi connectivity index (χ4n) is 4.07. The van der Waals surface area contributed by atoms with E-state index in [0.717, 1.165) is 24.9 Å². The second-order valence-corrected chi connectivity index (χ2v) is 6.45. The van der Waals surface area contributed by atoms with Crippen LogP contribution in [-0.2, 0) is 23.0 Å². The van der Waals surface area contributed by atoms with Crippen molar-refractivity contribution in [3.63, 3.8) is 0 Å². The van der Waals surface area contributed by atoms with E-state index in [1.165, 1.54) is 17.3 Å². The smallest absolute Gasteiger partial charge is 0.227 e. The molecule has 4 heteroatoms. The minimum Gasteiger partial charge on any atom is -0.374 e. The van der Waals surface area contributed by atoms with E-state index in [0.29, 0.717) is 19.1 Å². The Balaban J connectivity index is 1.58. The van der Waals surface area contributed by atoms with Gasteiger partial charge in [0, 0.05) is 30.7 Å². The maximum atomic E-state index is 12.8. The number of nitrogens with zero attached hydrogens (tertiary/aromatic N) is 2. The van der Waals surface area contributed by atoms with Crippen LogP contribution < -0.4 is 0 Å². The largest absolute Gasteiger partial charge is 0.374 e. The maximum Gasteiger partial charge on any atom is 0.227 e. The molecule has 1 aliphatic heterocycles. The average molecular weight is 298 g/mol. The zero-order valence-electron chi connectivity index (χ0n) is 13.0. The molecule has 4 nitrogen and oxygen atoms in total. The van der Waals surface area contributed by atoms with Crippen LogP contribution in [0.15, 0.2) is 30.5 Å². The number of aromatic nitrogens is 1. The van der Waals surface area contributed by atoms with E-state index in [4.69, 9.17) is 4.74 Å². The molecule has 1 saturated carbocycles. The molecule has 1 amide bonds. The summed E-state index contributed by atoms with van der Waals surface area (Å²) in [6.07, 6.45) is 6.21. The Bertz CT molecular complexity index is 706. The van der Waals surface area contributed by atoms with Gasteiger partial charge in [-0.15, -0.1) is 0 Å². The molecule has 0 radical (unpaired) electrons. The summed E-state index contributed by atoms with van der Waals surface area (Å²) < 4.78 is 7.92. The van der Waals surface area contributed by atoms with E-state index in [1.54, 1.807) is 0 Å². The monoisotopic (exact) mass is 298 g/mol. The third-order valence-corrected chi connectivity index (χ3v) is 5.12. The Morgan fingerprint density at radius 2 is 2.18 bits per heavy atom. The summed E-state index contributed by atoms with van der Waals surface area (Å²) in [5.41, 5.74) is 2.31. The van der Waals surface area contributed by atoms with Crippen LogP contribution in [0.4, 0.5) is 0 Å². The molecule has 2 atom stereocenters. The zero-order chi connectivity index (χ0) is 15.1. The fourth-order valence-corrected chi connectivity index (χ4v) is 4.07. The predicted octanol–water partition coefficient (Wildman–Crippen LogP) is 2.50. The Morgan fingerprint density at radius 3 is 3.09 bits per heavy atom. The summed E-state index contributed by atoms with van der Waals surface area (Å²) in [4.78, 5) is 14.9. The molecule has 1 aromatic carbocycles. The standard InChI is InChI=1S/C18H22N2O2/c1-19-12-13(14-5-2-3-6-15(14)19)11-18(21)20-9-10-22-17-8-4-7-16(17)20/h2-3,5-6,12,16-17H,4,7-11H2,1H3/t16-,17-/m1/s1. The van der Waals surface area contributed by atoms with Crippen molar-refractivity contribution in [2.45, 2.75) is 37.8 Å². The number of hydrogen-bond donors (Lipinski definition) is 0. The molecule has 2 aromatic rings. The molecule has 1 aliphatic carbocycles. The number of ether oxygens (including phenoxy) is 1. The lowest BCUT2D eigenvalue weighted by molar-refractivity contribution is -0.143. The molecule has 1 saturated heterocycles. The molecule has 0 bridgehead atoms. The Hall–Kier alpha value is -1.81. The number of carbonyl (C=O) groups excluding carboxylic acids is 1. The summed E-state index contributed by atoms with van der Waals surface area (Å²) in [5, 5.41) is 1.19. The highest BCUT2D eigenvalue weighted by Crippen LogP contribution is 2.30. The van der Waals surface area contributed by atoms with Crippen LogP contribution in [0.1, 0.15) is 24.8 Å². The summed E-state index contributed by atoms with van der Waals surface area (Å²) >= 11 is 0. The molecule has 0 spiro atoms. The van der Waals surface area contributed by atoms with Gasteiger partial charge in [-0.05, 0) is 30.9 Å². The lowest BCUT2D eigenvalue weighted by Crippen LogP contribution is -2.51. The highest BCUT2D eigenvalue weighted by molar-refractivity contribution is 5.89. The van der Waals surface area contributed by atoms with Gasteiger partial charge in [0.2, 0.25) is 5.91 Å². The molecule has 0 unspecified atom stereocenters. The number of hydrogen-bond acceptors (Lipinski definition) is 2. The van der Waals surface area contributed by atoms with Gasteiger partial charge in [-0.25, -0.2) is 0 Å². The first kappa shape index (κ1) is 13.8. The van der Waals surface area contributed by atoms with Crippen LogP contribution in [-0.4, -0.2) is 40.7 Å². The minimum atomic E-state index is 0.247. The van der Waals surface area contributed by atoms with Gasteiger partial charge in [-0.3, -0.25) is 4.79 Å². The van der Waals surface area contributed by atoms with E-state index >= 15 is 0 Å². The molecule has 2 heterocycles. The lowest BCUT2D eigenvalue weighted by Gasteiger charge is -2.37. The predicted molar refractivity (Wildman–Crippen MR) is 85.7 cm³/mol. The third-order valence-electron chi connectivity index (χ3n) is 5.12. The second kappa shape index (κ2) is 5.43. The summed E-state index contributed by atoms with van der Waals surface area (Å²) in [7, 11) is 2.04. The number of benzene rings is 1. The van der Waals surface area contributed by atoms with Crippen molar-refractivity contribution in [1.82, 2.24) is 9.47 Å². The number of morpholine rings is 1. The van der Waals surface area contributed by atoms with Crippen molar-refractivity contribution in [1.29, 1.82) is 0 Å². The second-order valence-electron chi connectivity index (χ2n) is 6.45. The van der Waals surface area contributed by atoms with E-state index in [1.807, 2.05) is 19.2 Å². The fraction of sp³-hybridized carbons (Fsp3) is 0.500. The van der Waals surface area contributed by atoms with Crippen LogP contribution in [0.5, 0.6) is 0 Å². The van der Waals surface area contributed by atoms with Crippen molar-refractivity contribution in [2.75, 3.05) is 13.2 Å². The summed E-state index contributed by atoms with van der Waals surface area (Å²) in [5.74, 6) is 0.247. The molecule has 22 heavy (non-hydrogen) atoms. The molecule has 2 fully saturated rings. The van der Waals surface area contributed by atoms with Gasteiger partial charge >= 0.3 is 0 Å². The Morgan fingerprint density at radius 1 is 1.32 bits per heavy atom. The number of fused-ring (bicyclic) bond motifs is 2. The van der Waals surface area contributed by atoms with Crippen LogP contribution in [0.3, 0.4) is 0 Å². The SMILES string of the molecule is Cn1cc(CC(=O)N2CCO[C@@H]3CCC[C@H]32)c2ccccc21. The molecule has 1 aromatic heterocycles. The summed E-state index contributed by atoms with van der Waals surface area (Å²) in [6.45, 7) is 1.42. The maximum absolute atomic E-state index is 12.8. The molecule has 0 N–H and O–H groups in total. The van der Waals surface area contributed by atoms with E-state index < -0.39 is 0 Å². The number of carbonyl (C=O) groups is 1. The topological polar surface area (TPSA) is 34.5 Å². The molecule has 4 rings (SSSR count). The molecular formula is C18H22N2O2. The first-order valence-electron chi connectivity index (χ1n) is 8.18. The summed E-state index contributed by atoms with van der Waals surface area (Å²) in [6, 6.07) is 8.59. The van der Waals surface area contributed by atoms with Gasteiger partial charge in [-0.1, -0.05) is 18.2 Å². The van der Waals surface area contributed by atoms with Gasteiger partial charge in [-0.2, -0.15) is 0 Å². The number of aryl methyl sites for hydroxylation is 1. The van der Waals surface area contributed by atoms with Crippen molar-refractivity contribution in [3.05, 3.63) is 36.0 Å². The normalized spacial score (nSPS) is 24.7. The average Bonchev–Trinajstić information content (AvgIpc) is 3.13. The first-order chi connectivity index (χ1) is 10.7. The van der Waals surface area contributed by atoms with Gasteiger partial charge in [0.15, 0.2) is 0 Å². The quantitative estimate of drug-likeness (QED) is 0.854. The molecule has 2 aliphatic rings. The van der Waals surface area contributed by atoms with E-state index in [-0.39, 0.29) is 12.0 Å². The molecule has 116 valence electrons. The number of rotatable bonds is 2. The van der Waals surface area contributed by atoms with Gasteiger partial charge < -0.3 is 14.2 Å². The van der Waals surface area contributed by atoms with Crippen molar-refractivity contribution in [3.8, 4) is 0 Å². The minimum absolute atomic E-state index is 0.247. The van der Waals surface area contributed by atoms with Crippen LogP contribution in [0.25, 0.3) is 10.9 Å². The van der Waals surface area contributed by atoms with Crippen molar-refractivity contribution >= 4 is 16.8 Å². The third kappa shape index (κ3) is 2.22. The molecular weight excluding hydrogens is 276 g/mol. The number of amides is 1. The highest BCUT2D eigenvalue weighted by Gasteiger charge is 2.38. The Labute approximate surface area is 130 Å². The van der Waals surface area contributed by atoms with E-state index in [9.17, 15) is 4.79 Å².